The minimum absolute atomic E-state index is 0.389. The summed E-state index contributed by atoms with van der Waals surface area (Å²) in [6, 6.07) is 6.13. The van der Waals surface area contributed by atoms with Gasteiger partial charge in [-0.15, -0.1) is 0 Å². The number of halogens is 1. The van der Waals surface area contributed by atoms with Crippen LogP contribution in [0.25, 0.3) is 0 Å². The van der Waals surface area contributed by atoms with Crippen molar-refractivity contribution in [2.75, 3.05) is 13.4 Å². The van der Waals surface area contributed by atoms with Gasteiger partial charge in [0.15, 0.2) is 6.86 Å². The van der Waals surface area contributed by atoms with Gasteiger partial charge < -0.3 is 10.1 Å². The minimum atomic E-state index is -0.706. The molecule has 1 aliphatic rings. The molecule has 0 bridgehead atoms. The molecule has 1 aliphatic heterocycles. The van der Waals surface area contributed by atoms with Crippen molar-refractivity contribution in [2.45, 2.75) is 19.6 Å². The Balaban J connectivity index is 2.21. The number of hydrogen-bond acceptors (Lipinski definition) is 2. The normalized spacial score (nSPS) is 15.2. The zero-order chi connectivity index (χ0) is 9.80. The van der Waals surface area contributed by atoms with Gasteiger partial charge in [0.05, 0.1) is 6.61 Å². The molecule has 0 spiro atoms. The third-order valence-corrected chi connectivity index (χ3v) is 2.57. The van der Waals surface area contributed by atoms with Gasteiger partial charge in [0, 0.05) is 6.54 Å². The van der Waals surface area contributed by atoms with Crippen LogP contribution in [0, 0.1) is 0 Å². The fourth-order valence-electron chi connectivity index (χ4n) is 1.89. The van der Waals surface area contributed by atoms with E-state index in [0.717, 1.165) is 25.1 Å². The SMILES string of the molecule is FCOCc1cccc2c1CCNC2. The molecule has 0 saturated heterocycles. The fourth-order valence-corrected chi connectivity index (χ4v) is 1.89. The molecule has 0 fully saturated rings. The second kappa shape index (κ2) is 4.53. The maximum Gasteiger partial charge on any atom is 0.188 e. The summed E-state index contributed by atoms with van der Waals surface area (Å²) in [4.78, 5) is 0. The first-order valence-electron chi connectivity index (χ1n) is 4.86. The van der Waals surface area contributed by atoms with Crippen LogP contribution in [0.1, 0.15) is 16.7 Å². The van der Waals surface area contributed by atoms with Crippen molar-refractivity contribution in [3.8, 4) is 0 Å². The molecule has 1 heterocycles. The Hall–Kier alpha value is -0.930. The molecule has 1 N–H and O–H groups in total. The molecular weight excluding hydrogens is 181 g/mol. The molecule has 76 valence electrons. The van der Waals surface area contributed by atoms with E-state index in [1.165, 1.54) is 11.1 Å². The minimum Gasteiger partial charge on any atom is -0.346 e. The van der Waals surface area contributed by atoms with Crippen molar-refractivity contribution in [1.82, 2.24) is 5.32 Å². The van der Waals surface area contributed by atoms with Gasteiger partial charge in [0.25, 0.3) is 0 Å². The molecule has 1 aromatic rings. The lowest BCUT2D eigenvalue weighted by molar-refractivity contribution is 0.0458. The molecule has 0 atom stereocenters. The number of ether oxygens (including phenoxy) is 1. The Morgan fingerprint density at radius 3 is 3.21 bits per heavy atom. The van der Waals surface area contributed by atoms with Crippen LogP contribution in [0.5, 0.6) is 0 Å². The number of rotatable bonds is 3. The Morgan fingerprint density at radius 1 is 1.43 bits per heavy atom. The van der Waals surface area contributed by atoms with Gasteiger partial charge in [-0.05, 0) is 29.7 Å². The van der Waals surface area contributed by atoms with Gasteiger partial charge in [0.1, 0.15) is 0 Å². The first kappa shape index (κ1) is 9.62. The monoisotopic (exact) mass is 195 g/mol. The van der Waals surface area contributed by atoms with E-state index in [9.17, 15) is 4.39 Å². The van der Waals surface area contributed by atoms with E-state index in [1.807, 2.05) is 12.1 Å². The Kier molecular flexibility index (Phi) is 3.11. The standard InChI is InChI=1S/C11H14FNO/c12-8-14-7-10-3-1-2-9-6-13-5-4-11(9)10/h1-3,13H,4-8H2. The highest BCUT2D eigenvalue weighted by Crippen LogP contribution is 2.19. The number of hydrogen-bond donors (Lipinski definition) is 1. The van der Waals surface area contributed by atoms with E-state index in [2.05, 4.69) is 11.4 Å². The van der Waals surface area contributed by atoms with Crippen molar-refractivity contribution in [3.63, 3.8) is 0 Å². The van der Waals surface area contributed by atoms with Crippen LogP contribution in [-0.2, 0) is 24.3 Å². The zero-order valence-electron chi connectivity index (χ0n) is 8.05. The van der Waals surface area contributed by atoms with Crippen molar-refractivity contribution in [3.05, 3.63) is 34.9 Å². The molecule has 0 radical (unpaired) electrons. The van der Waals surface area contributed by atoms with E-state index in [1.54, 1.807) is 0 Å². The van der Waals surface area contributed by atoms with Crippen molar-refractivity contribution in [2.24, 2.45) is 0 Å². The molecule has 3 heteroatoms. The van der Waals surface area contributed by atoms with E-state index in [-0.39, 0.29) is 0 Å². The Labute approximate surface area is 83.1 Å². The highest BCUT2D eigenvalue weighted by atomic mass is 19.1. The summed E-state index contributed by atoms with van der Waals surface area (Å²) >= 11 is 0. The topological polar surface area (TPSA) is 21.3 Å². The molecule has 14 heavy (non-hydrogen) atoms. The predicted octanol–water partition coefficient (Wildman–Crippen LogP) is 1.78. The quantitative estimate of drug-likeness (QED) is 0.793. The van der Waals surface area contributed by atoms with Crippen LogP contribution in [0.2, 0.25) is 0 Å². The number of nitrogens with one attached hydrogen (secondary N) is 1. The zero-order valence-corrected chi connectivity index (χ0v) is 8.05. The lowest BCUT2D eigenvalue weighted by Gasteiger charge is -2.19. The fraction of sp³-hybridized carbons (Fsp3) is 0.455. The van der Waals surface area contributed by atoms with Gasteiger partial charge in [-0.3, -0.25) is 0 Å². The molecule has 0 aromatic heterocycles. The van der Waals surface area contributed by atoms with Gasteiger partial charge in [-0.25, -0.2) is 4.39 Å². The van der Waals surface area contributed by atoms with Gasteiger partial charge in [-0.1, -0.05) is 18.2 Å². The second-order valence-electron chi connectivity index (χ2n) is 3.44. The molecular formula is C11H14FNO. The first-order chi connectivity index (χ1) is 6.92. The smallest absolute Gasteiger partial charge is 0.188 e. The summed E-state index contributed by atoms with van der Waals surface area (Å²) in [5.41, 5.74) is 3.78. The summed E-state index contributed by atoms with van der Waals surface area (Å²) < 4.78 is 16.7. The van der Waals surface area contributed by atoms with Crippen LogP contribution < -0.4 is 5.32 Å². The van der Waals surface area contributed by atoms with Gasteiger partial charge in [0.2, 0.25) is 0 Å². The van der Waals surface area contributed by atoms with E-state index in [4.69, 9.17) is 4.74 Å². The maximum absolute atomic E-state index is 11.9. The van der Waals surface area contributed by atoms with Crippen molar-refractivity contribution < 1.29 is 9.13 Å². The highest BCUT2D eigenvalue weighted by molar-refractivity contribution is 5.36. The Morgan fingerprint density at radius 2 is 2.36 bits per heavy atom. The van der Waals surface area contributed by atoms with Crippen LogP contribution in [-0.4, -0.2) is 13.4 Å². The summed E-state index contributed by atoms with van der Waals surface area (Å²) in [6.45, 7) is 1.60. The lowest BCUT2D eigenvalue weighted by Crippen LogP contribution is -2.24. The largest absolute Gasteiger partial charge is 0.346 e. The van der Waals surface area contributed by atoms with Crippen LogP contribution in [0.3, 0.4) is 0 Å². The summed E-state index contributed by atoms with van der Waals surface area (Å²) in [5, 5.41) is 3.31. The van der Waals surface area contributed by atoms with E-state index in [0.29, 0.717) is 6.61 Å². The molecule has 0 amide bonds. The Bertz CT molecular complexity index is 314. The maximum atomic E-state index is 11.9. The third kappa shape index (κ3) is 1.94. The highest BCUT2D eigenvalue weighted by Gasteiger charge is 2.11. The van der Waals surface area contributed by atoms with Crippen LogP contribution in [0.15, 0.2) is 18.2 Å². The van der Waals surface area contributed by atoms with Crippen LogP contribution in [0.4, 0.5) is 4.39 Å². The van der Waals surface area contributed by atoms with Crippen molar-refractivity contribution >= 4 is 0 Å². The van der Waals surface area contributed by atoms with E-state index < -0.39 is 6.86 Å². The second-order valence-corrected chi connectivity index (χ2v) is 3.44. The first-order valence-corrected chi connectivity index (χ1v) is 4.86. The predicted molar refractivity (Wildman–Crippen MR) is 52.6 cm³/mol. The molecule has 0 unspecified atom stereocenters. The molecule has 2 nitrogen and oxygen atoms in total. The average molecular weight is 195 g/mol. The van der Waals surface area contributed by atoms with Gasteiger partial charge >= 0.3 is 0 Å². The van der Waals surface area contributed by atoms with Crippen LogP contribution >= 0.6 is 0 Å². The summed E-state index contributed by atoms with van der Waals surface area (Å²) in [5.74, 6) is 0. The van der Waals surface area contributed by atoms with Gasteiger partial charge in [-0.2, -0.15) is 0 Å². The molecule has 2 rings (SSSR count). The molecule has 1 aromatic carbocycles. The molecule has 0 saturated carbocycles. The number of benzene rings is 1. The summed E-state index contributed by atoms with van der Waals surface area (Å²) in [6.07, 6.45) is 1.02. The average Bonchev–Trinajstić information content (AvgIpc) is 2.26. The summed E-state index contributed by atoms with van der Waals surface area (Å²) in [7, 11) is 0. The number of alkyl halides is 1. The lowest BCUT2D eigenvalue weighted by atomic mass is 9.96. The molecule has 0 aliphatic carbocycles. The number of fused-ring (bicyclic) bond motifs is 1. The third-order valence-electron chi connectivity index (χ3n) is 2.57. The van der Waals surface area contributed by atoms with E-state index >= 15 is 0 Å². The van der Waals surface area contributed by atoms with Crippen molar-refractivity contribution in [1.29, 1.82) is 0 Å².